The highest BCUT2D eigenvalue weighted by molar-refractivity contribution is 6.30. The van der Waals surface area contributed by atoms with Gasteiger partial charge in [0.25, 0.3) is 0 Å². The van der Waals surface area contributed by atoms with Crippen molar-refractivity contribution >= 4 is 11.6 Å². The predicted octanol–water partition coefficient (Wildman–Crippen LogP) is 3.18. The maximum atomic E-state index is 9.62. The maximum absolute atomic E-state index is 9.62. The summed E-state index contributed by atoms with van der Waals surface area (Å²) < 4.78 is 1.99. The first-order valence-electron chi connectivity index (χ1n) is 6.53. The molecule has 0 aliphatic heterocycles. The molecule has 2 rings (SSSR count). The lowest BCUT2D eigenvalue weighted by Gasteiger charge is -2.15. The zero-order chi connectivity index (χ0) is 13.8. The standard InChI is InChI=1S/C15H19ClN2O/c1-3-18-15(8-11(2)17-18)9-13(10-19)12-4-6-14(16)7-5-12/h4-8,13,19H,3,9-10H2,1-2H3. The largest absolute Gasteiger partial charge is 0.396 e. The Balaban J connectivity index is 2.21. The van der Waals surface area contributed by atoms with Gasteiger partial charge in [0.15, 0.2) is 0 Å². The summed E-state index contributed by atoms with van der Waals surface area (Å²) >= 11 is 5.89. The van der Waals surface area contributed by atoms with E-state index in [4.69, 9.17) is 11.6 Å². The van der Waals surface area contributed by atoms with Crippen molar-refractivity contribution in [1.29, 1.82) is 0 Å². The Kier molecular flexibility index (Phi) is 4.61. The summed E-state index contributed by atoms with van der Waals surface area (Å²) in [6, 6.07) is 9.76. The quantitative estimate of drug-likeness (QED) is 0.912. The van der Waals surface area contributed by atoms with E-state index in [1.54, 1.807) is 0 Å². The first-order chi connectivity index (χ1) is 9.13. The van der Waals surface area contributed by atoms with Crippen LogP contribution in [0.15, 0.2) is 30.3 Å². The van der Waals surface area contributed by atoms with Gasteiger partial charge < -0.3 is 5.11 Å². The highest BCUT2D eigenvalue weighted by Crippen LogP contribution is 2.22. The molecule has 19 heavy (non-hydrogen) atoms. The van der Waals surface area contributed by atoms with Gasteiger partial charge in [0, 0.05) is 23.2 Å². The summed E-state index contributed by atoms with van der Waals surface area (Å²) in [5.74, 6) is 0.0821. The van der Waals surface area contributed by atoms with Crippen molar-refractivity contribution in [2.24, 2.45) is 0 Å². The van der Waals surface area contributed by atoms with E-state index in [2.05, 4.69) is 18.1 Å². The van der Waals surface area contributed by atoms with Crippen LogP contribution in [0.2, 0.25) is 5.02 Å². The molecule has 2 aromatic rings. The molecule has 102 valence electrons. The Morgan fingerprint density at radius 1 is 1.32 bits per heavy atom. The van der Waals surface area contributed by atoms with Gasteiger partial charge in [-0.3, -0.25) is 4.68 Å². The van der Waals surface area contributed by atoms with E-state index in [1.807, 2.05) is 35.9 Å². The van der Waals surface area contributed by atoms with Gasteiger partial charge in [0.05, 0.1) is 12.3 Å². The summed E-state index contributed by atoms with van der Waals surface area (Å²) in [5, 5.41) is 14.8. The van der Waals surface area contributed by atoms with Gasteiger partial charge in [-0.15, -0.1) is 0 Å². The third kappa shape index (κ3) is 3.37. The summed E-state index contributed by atoms with van der Waals surface area (Å²) in [6.45, 7) is 5.04. The second-order valence-electron chi connectivity index (χ2n) is 4.73. The van der Waals surface area contributed by atoms with Crippen LogP contribution in [-0.2, 0) is 13.0 Å². The van der Waals surface area contributed by atoms with Crippen LogP contribution < -0.4 is 0 Å². The van der Waals surface area contributed by atoms with Crippen LogP contribution in [0.5, 0.6) is 0 Å². The first kappa shape index (κ1) is 14.1. The SMILES string of the molecule is CCn1nc(C)cc1CC(CO)c1ccc(Cl)cc1. The average molecular weight is 279 g/mol. The Morgan fingerprint density at radius 3 is 2.58 bits per heavy atom. The molecule has 1 atom stereocenters. The third-order valence-corrected chi connectivity index (χ3v) is 3.55. The number of halogens is 1. The zero-order valence-corrected chi connectivity index (χ0v) is 12.1. The van der Waals surface area contributed by atoms with E-state index in [1.165, 1.54) is 0 Å². The molecule has 0 spiro atoms. The molecule has 1 N–H and O–H groups in total. The van der Waals surface area contributed by atoms with Gasteiger partial charge in [0.1, 0.15) is 0 Å². The summed E-state index contributed by atoms with van der Waals surface area (Å²) in [5.41, 5.74) is 3.28. The van der Waals surface area contributed by atoms with E-state index in [9.17, 15) is 5.11 Å². The smallest absolute Gasteiger partial charge is 0.0596 e. The molecule has 0 aliphatic rings. The molecule has 0 amide bonds. The number of hydrogen-bond acceptors (Lipinski definition) is 2. The monoisotopic (exact) mass is 278 g/mol. The molecule has 1 unspecified atom stereocenters. The summed E-state index contributed by atoms with van der Waals surface area (Å²) in [6.07, 6.45) is 0.785. The number of aliphatic hydroxyl groups is 1. The van der Waals surface area contributed by atoms with Crippen molar-refractivity contribution in [3.63, 3.8) is 0 Å². The third-order valence-electron chi connectivity index (χ3n) is 3.30. The molecule has 4 heteroatoms. The van der Waals surface area contributed by atoms with Crippen LogP contribution in [0, 0.1) is 6.92 Å². The summed E-state index contributed by atoms with van der Waals surface area (Å²) in [7, 11) is 0. The Hall–Kier alpha value is -1.32. The molecule has 1 heterocycles. The van der Waals surface area contributed by atoms with E-state index < -0.39 is 0 Å². The fraction of sp³-hybridized carbons (Fsp3) is 0.400. The zero-order valence-electron chi connectivity index (χ0n) is 11.3. The van der Waals surface area contributed by atoms with Crippen molar-refractivity contribution in [2.75, 3.05) is 6.61 Å². The molecular weight excluding hydrogens is 260 g/mol. The van der Waals surface area contributed by atoms with Gasteiger partial charge in [-0.2, -0.15) is 5.10 Å². The molecule has 0 bridgehead atoms. The van der Waals surface area contributed by atoms with E-state index >= 15 is 0 Å². The molecule has 0 fully saturated rings. The lowest BCUT2D eigenvalue weighted by Crippen LogP contribution is -2.12. The van der Waals surface area contributed by atoms with Crippen molar-refractivity contribution in [1.82, 2.24) is 9.78 Å². The van der Waals surface area contributed by atoms with Crippen molar-refractivity contribution in [3.05, 3.63) is 52.3 Å². The van der Waals surface area contributed by atoms with E-state index in [-0.39, 0.29) is 12.5 Å². The minimum absolute atomic E-state index is 0.0821. The number of nitrogens with zero attached hydrogens (tertiary/aromatic N) is 2. The first-order valence-corrected chi connectivity index (χ1v) is 6.91. The molecule has 0 saturated heterocycles. The molecule has 1 aromatic carbocycles. The van der Waals surface area contributed by atoms with Crippen LogP contribution in [0.3, 0.4) is 0 Å². The van der Waals surface area contributed by atoms with Crippen molar-refractivity contribution < 1.29 is 5.11 Å². The fourth-order valence-electron chi connectivity index (χ4n) is 2.31. The topological polar surface area (TPSA) is 38.0 Å². The van der Waals surface area contributed by atoms with Gasteiger partial charge in [0.2, 0.25) is 0 Å². The Labute approximate surface area is 118 Å². The van der Waals surface area contributed by atoms with E-state index in [0.717, 1.165) is 34.9 Å². The highest BCUT2D eigenvalue weighted by Gasteiger charge is 2.14. The van der Waals surface area contributed by atoms with Crippen molar-refractivity contribution in [3.8, 4) is 0 Å². The molecule has 0 saturated carbocycles. The Bertz CT molecular complexity index is 534. The second-order valence-corrected chi connectivity index (χ2v) is 5.16. The minimum Gasteiger partial charge on any atom is -0.396 e. The fourth-order valence-corrected chi connectivity index (χ4v) is 2.44. The van der Waals surface area contributed by atoms with E-state index in [0.29, 0.717) is 0 Å². The van der Waals surface area contributed by atoms with Crippen LogP contribution in [0.1, 0.15) is 29.8 Å². The maximum Gasteiger partial charge on any atom is 0.0596 e. The number of rotatable bonds is 5. The Morgan fingerprint density at radius 2 is 2.00 bits per heavy atom. The average Bonchev–Trinajstić information content (AvgIpc) is 2.77. The number of aryl methyl sites for hydroxylation is 2. The lowest BCUT2D eigenvalue weighted by atomic mass is 9.95. The number of aliphatic hydroxyl groups excluding tert-OH is 1. The van der Waals surface area contributed by atoms with Crippen LogP contribution in [-0.4, -0.2) is 21.5 Å². The lowest BCUT2D eigenvalue weighted by molar-refractivity contribution is 0.262. The summed E-state index contributed by atoms with van der Waals surface area (Å²) in [4.78, 5) is 0. The van der Waals surface area contributed by atoms with Crippen LogP contribution >= 0.6 is 11.6 Å². The van der Waals surface area contributed by atoms with Crippen LogP contribution in [0.25, 0.3) is 0 Å². The van der Waals surface area contributed by atoms with Crippen molar-refractivity contribution in [2.45, 2.75) is 32.7 Å². The highest BCUT2D eigenvalue weighted by atomic mass is 35.5. The molecular formula is C15H19ClN2O. The van der Waals surface area contributed by atoms with Gasteiger partial charge in [-0.25, -0.2) is 0 Å². The molecule has 0 radical (unpaired) electrons. The molecule has 3 nitrogen and oxygen atoms in total. The van der Waals surface area contributed by atoms with Gasteiger partial charge in [-0.1, -0.05) is 23.7 Å². The van der Waals surface area contributed by atoms with Gasteiger partial charge in [-0.05, 0) is 44.0 Å². The predicted molar refractivity (Wildman–Crippen MR) is 77.6 cm³/mol. The van der Waals surface area contributed by atoms with Gasteiger partial charge >= 0.3 is 0 Å². The second kappa shape index (κ2) is 6.22. The number of benzene rings is 1. The van der Waals surface area contributed by atoms with Crippen LogP contribution in [0.4, 0.5) is 0 Å². The normalized spacial score (nSPS) is 12.6. The molecule has 0 aliphatic carbocycles. The molecule has 1 aromatic heterocycles. The minimum atomic E-state index is 0.0821. The number of hydrogen-bond donors (Lipinski definition) is 1. The number of aromatic nitrogens is 2.